The van der Waals surface area contributed by atoms with Gasteiger partial charge in [0.15, 0.2) is 6.10 Å². The highest BCUT2D eigenvalue weighted by atomic mass is 79.9. The van der Waals surface area contributed by atoms with Gasteiger partial charge in [0.2, 0.25) is 0 Å². The van der Waals surface area contributed by atoms with Gasteiger partial charge in [-0.25, -0.2) is 4.79 Å². The van der Waals surface area contributed by atoms with Gasteiger partial charge in [-0.1, -0.05) is 28.1 Å². The van der Waals surface area contributed by atoms with Crippen LogP contribution in [0.1, 0.15) is 12.5 Å². The lowest BCUT2D eigenvalue weighted by Gasteiger charge is -2.28. The Balaban J connectivity index is 1.50. The minimum Gasteiger partial charge on any atom is -0.449 e. The number of morpholine rings is 1. The quantitative estimate of drug-likeness (QED) is 0.525. The Morgan fingerprint density at radius 1 is 1.17 bits per heavy atom. The van der Waals surface area contributed by atoms with Crippen molar-refractivity contribution in [3.8, 4) is 0 Å². The number of halogens is 1. The minimum absolute atomic E-state index is 0.381. The summed E-state index contributed by atoms with van der Waals surface area (Å²) in [7, 11) is 0. The van der Waals surface area contributed by atoms with Gasteiger partial charge in [0, 0.05) is 35.0 Å². The van der Waals surface area contributed by atoms with Crippen LogP contribution in [0.2, 0.25) is 0 Å². The number of esters is 1. The van der Waals surface area contributed by atoms with Crippen molar-refractivity contribution in [1.82, 2.24) is 0 Å². The lowest BCUT2D eigenvalue weighted by Crippen LogP contribution is -2.36. The molecule has 3 rings (SSSR count). The van der Waals surface area contributed by atoms with E-state index < -0.39 is 12.1 Å². The third kappa shape index (κ3) is 6.44. The molecule has 1 aliphatic rings. The van der Waals surface area contributed by atoms with E-state index in [-0.39, 0.29) is 5.91 Å². The number of carbonyl (C=O) groups is 2. The van der Waals surface area contributed by atoms with Crippen LogP contribution in [0.15, 0.2) is 59.1 Å². The fourth-order valence-corrected chi connectivity index (χ4v) is 3.28. The average molecular weight is 459 g/mol. The molecule has 0 saturated carbocycles. The molecule has 2 aromatic rings. The number of hydrogen-bond donors (Lipinski definition) is 1. The predicted molar refractivity (Wildman–Crippen MR) is 117 cm³/mol. The lowest BCUT2D eigenvalue weighted by atomic mass is 10.2. The van der Waals surface area contributed by atoms with Gasteiger partial charge in [0.1, 0.15) is 0 Å². The van der Waals surface area contributed by atoms with Crippen molar-refractivity contribution in [2.24, 2.45) is 0 Å². The van der Waals surface area contributed by atoms with Crippen molar-refractivity contribution in [3.05, 3.63) is 64.6 Å². The van der Waals surface area contributed by atoms with E-state index in [1.807, 2.05) is 48.5 Å². The van der Waals surface area contributed by atoms with Crippen LogP contribution in [0, 0.1) is 0 Å². The van der Waals surface area contributed by atoms with E-state index in [9.17, 15) is 9.59 Å². The Kier molecular flexibility index (Phi) is 7.43. The van der Waals surface area contributed by atoms with Crippen LogP contribution in [0.3, 0.4) is 0 Å². The number of amides is 1. The molecule has 0 spiro atoms. The van der Waals surface area contributed by atoms with Gasteiger partial charge < -0.3 is 19.7 Å². The van der Waals surface area contributed by atoms with Gasteiger partial charge in [-0.2, -0.15) is 0 Å². The number of nitrogens with zero attached hydrogens (tertiary/aromatic N) is 1. The Hall–Kier alpha value is -2.64. The molecule has 1 N–H and O–H groups in total. The molecule has 6 nitrogen and oxygen atoms in total. The smallest absolute Gasteiger partial charge is 0.331 e. The molecule has 0 aliphatic carbocycles. The second-order valence-electron chi connectivity index (χ2n) is 6.60. The molecule has 0 aromatic heterocycles. The molecule has 1 fully saturated rings. The van der Waals surface area contributed by atoms with Gasteiger partial charge in [-0.05, 0) is 55.0 Å². The van der Waals surface area contributed by atoms with Crippen molar-refractivity contribution >= 4 is 45.3 Å². The molecular weight excluding hydrogens is 436 g/mol. The van der Waals surface area contributed by atoms with Gasteiger partial charge in [0.25, 0.3) is 5.91 Å². The Morgan fingerprint density at radius 3 is 2.59 bits per heavy atom. The standard InChI is InChI=1S/C22H23BrN2O4/c1-16(29-21(26)10-5-17-3-2-4-18(23)15-17)22(27)24-19-6-8-20(9-7-19)25-11-13-28-14-12-25/h2-10,15-16H,11-14H2,1H3,(H,24,27)/b10-5+. The summed E-state index contributed by atoms with van der Waals surface area (Å²) in [6, 6.07) is 15.1. The van der Waals surface area contributed by atoms with E-state index in [4.69, 9.17) is 9.47 Å². The van der Waals surface area contributed by atoms with Crippen molar-refractivity contribution in [1.29, 1.82) is 0 Å². The number of benzene rings is 2. The van der Waals surface area contributed by atoms with Gasteiger partial charge in [-0.15, -0.1) is 0 Å². The van der Waals surface area contributed by atoms with E-state index in [0.29, 0.717) is 5.69 Å². The van der Waals surface area contributed by atoms with Crippen molar-refractivity contribution in [3.63, 3.8) is 0 Å². The Morgan fingerprint density at radius 2 is 1.90 bits per heavy atom. The van der Waals surface area contributed by atoms with Crippen molar-refractivity contribution in [2.75, 3.05) is 36.5 Å². The van der Waals surface area contributed by atoms with Crippen LogP contribution in [0.5, 0.6) is 0 Å². The molecule has 1 unspecified atom stereocenters. The molecule has 1 heterocycles. The zero-order chi connectivity index (χ0) is 20.6. The highest BCUT2D eigenvalue weighted by Gasteiger charge is 2.17. The maximum absolute atomic E-state index is 12.3. The molecule has 1 aliphatic heterocycles. The van der Waals surface area contributed by atoms with E-state index in [1.165, 1.54) is 6.08 Å². The molecular formula is C22H23BrN2O4. The van der Waals surface area contributed by atoms with Gasteiger partial charge >= 0.3 is 5.97 Å². The molecule has 0 bridgehead atoms. The molecule has 7 heteroatoms. The first-order valence-electron chi connectivity index (χ1n) is 9.39. The van der Waals surface area contributed by atoms with Crippen LogP contribution < -0.4 is 10.2 Å². The summed E-state index contributed by atoms with van der Waals surface area (Å²) in [4.78, 5) is 26.5. The van der Waals surface area contributed by atoms with Crippen molar-refractivity contribution < 1.29 is 19.1 Å². The summed E-state index contributed by atoms with van der Waals surface area (Å²) in [5, 5.41) is 2.77. The third-order valence-electron chi connectivity index (χ3n) is 4.43. The molecule has 152 valence electrons. The maximum atomic E-state index is 12.3. The number of rotatable bonds is 6. The van der Waals surface area contributed by atoms with Crippen molar-refractivity contribution in [2.45, 2.75) is 13.0 Å². The lowest BCUT2D eigenvalue weighted by molar-refractivity contribution is -0.148. The molecule has 0 radical (unpaired) electrons. The summed E-state index contributed by atoms with van der Waals surface area (Å²) >= 11 is 3.38. The monoisotopic (exact) mass is 458 g/mol. The highest BCUT2D eigenvalue weighted by Crippen LogP contribution is 2.19. The normalized spacial score (nSPS) is 15.2. The summed E-state index contributed by atoms with van der Waals surface area (Å²) in [5.74, 6) is -0.955. The van der Waals surface area contributed by atoms with E-state index in [0.717, 1.165) is 42.0 Å². The number of hydrogen-bond acceptors (Lipinski definition) is 5. The topological polar surface area (TPSA) is 67.9 Å². The molecule has 1 saturated heterocycles. The number of ether oxygens (including phenoxy) is 2. The first-order valence-corrected chi connectivity index (χ1v) is 10.2. The SMILES string of the molecule is CC(OC(=O)/C=C/c1cccc(Br)c1)C(=O)Nc1ccc(N2CCOCC2)cc1. The number of nitrogens with one attached hydrogen (secondary N) is 1. The number of anilines is 2. The summed E-state index contributed by atoms with van der Waals surface area (Å²) in [5.41, 5.74) is 2.59. The fraction of sp³-hybridized carbons (Fsp3) is 0.273. The fourth-order valence-electron chi connectivity index (χ4n) is 2.86. The summed E-state index contributed by atoms with van der Waals surface area (Å²) in [6.07, 6.45) is 2.04. The molecule has 1 atom stereocenters. The van der Waals surface area contributed by atoms with Crippen LogP contribution in [-0.4, -0.2) is 44.3 Å². The van der Waals surface area contributed by atoms with E-state index >= 15 is 0 Å². The van der Waals surface area contributed by atoms with Crippen LogP contribution in [-0.2, 0) is 19.1 Å². The first-order chi connectivity index (χ1) is 14.0. The Bertz CT molecular complexity index is 877. The highest BCUT2D eigenvalue weighted by molar-refractivity contribution is 9.10. The van der Waals surface area contributed by atoms with Crippen LogP contribution >= 0.6 is 15.9 Å². The second kappa shape index (κ2) is 10.2. The number of carbonyl (C=O) groups excluding carboxylic acids is 2. The Labute approximate surface area is 178 Å². The van der Waals surface area contributed by atoms with E-state index in [2.05, 4.69) is 26.1 Å². The largest absolute Gasteiger partial charge is 0.449 e. The average Bonchev–Trinajstić information content (AvgIpc) is 2.73. The van der Waals surface area contributed by atoms with Crippen LogP contribution in [0.25, 0.3) is 6.08 Å². The summed E-state index contributed by atoms with van der Waals surface area (Å²) in [6.45, 7) is 4.69. The molecule has 1 amide bonds. The minimum atomic E-state index is -0.909. The predicted octanol–water partition coefficient (Wildman–Crippen LogP) is 3.87. The summed E-state index contributed by atoms with van der Waals surface area (Å²) < 4.78 is 11.5. The third-order valence-corrected chi connectivity index (χ3v) is 4.93. The molecule has 2 aromatic carbocycles. The van der Waals surface area contributed by atoms with Crippen LogP contribution in [0.4, 0.5) is 11.4 Å². The maximum Gasteiger partial charge on any atom is 0.331 e. The first kappa shape index (κ1) is 21.1. The zero-order valence-electron chi connectivity index (χ0n) is 16.1. The van der Waals surface area contributed by atoms with E-state index in [1.54, 1.807) is 13.0 Å². The van der Waals surface area contributed by atoms with Gasteiger partial charge in [-0.3, -0.25) is 4.79 Å². The second-order valence-corrected chi connectivity index (χ2v) is 7.52. The zero-order valence-corrected chi connectivity index (χ0v) is 17.7. The van der Waals surface area contributed by atoms with Gasteiger partial charge in [0.05, 0.1) is 13.2 Å². The molecule has 29 heavy (non-hydrogen) atoms.